The van der Waals surface area contributed by atoms with Crippen molar-refractivity contribution in [3.05, 3.63) is 29.6 Å². The van der Waals surface area contributed by atoms with E-state index in [2.05, 4.69) is 36.9 Å². The maximum absolute atomic E-state index is 12.6. The van der Waals surface area contributed by atoms with Crippen molar-refractivity contribution >= 4 is 5.91 Å². The quantitative estimate of drug-likeness (QED) is 0.897. The highest BCUT2D eigenvalue weighted by Crippen LogP contribution is 2.27. The Labute approximate surface area is 153 Å². The van der Waals surface area contributed by atoms with Gasteiger partial charge in [0.25, 0.3) is 5.91 Å². The first-order chi connectivity index (χ1) is 12.7. The monoisotopic (exact) mass is 357 g/mol. The van der Waals surface area contributed by atoms with Gasteiger partial charge in [-0.25, -0.2) is 0 Å². The molecule has 0 unspecified atom stereocenters. The van der Waals surface area contributed by atoms with Crippen LogP contribution in [0.3, 0.4) is 0 Å². The van der Waals surface area contributed by atoms with Crippen molar-refractivity contribution in [3.8, 4) is 0 Å². The van der Waals surface area contributed by atoms with Gasteiger partial charge >= 0.3 is 0 Å². The van der Waals surface area contributed by atoms with E-state index in [-0.39, 0.29) is 11.8 Å². The summed E-state index contributed by atoms with van der Waals surface area (Å²) in [5.41, 5.74) is 0.550. The molecule has 0 spiro atoms. The standard InChI is InChI=1S/C18H27N7O/c1-23-16(13-24-9-3-2-4-10-24)21-22-17(23)14-6-5-11-25(12-14)18(26)15-7-8-19-20-15/h7-8,14H,2-6,9-13H2,1H3,(H,19,20)/t14-/m0/s1. The van der Waals surface area contributed by atoms with Crippen LogP contribution in [0.5, 0.6) is 0 Å². The smallest absolute Gasteiger partial charge is 0.271 e. The van der Waals surface area contributed by atoms with Crippen LogP contribution in [-0.4, -0.2) is 66.8 Å². The van der Waals surface area contributed by atoms with Gasteiger partial charge in [0.15, 0.2) is 0 Å². The minimum Gasteiger partial charge on any atom is -0.337 e. The van der Waals surface area contributed by atoms with Crippen molar-refractivity contribution in [1.82, 2.24) is 34.8 Å². The summed E-state index contributed by atoms with van der Waals surface area (Å²) in [6, 6.07) is 1.73. The van der Waals surface area contributed by atoms with Gasteiger partial charge in [-0.05, 0) is 44.8 Å². The second-order valence-corrected chi connectivity index (χ2v) is 7.43. The van der Waals surface area contributed by atoms with Crippen LogP contribution in [0.25, 0.3) is 0 Å². The molecule has 1 amide bonds. The predicted molar refractivity (Wildman–Crippen MR) is 96.6 cm³/mol. The van der Waals surface area contributed by atoms with Crippen LogP contribution in [0.1, 0.15) is 60.2 Å². The zero-order valence-corrected chi connectivity index (χ0v) is 15.4. The van der Waals surface area contributed by atoms with E-state index in [1.54, 1.807) is 12.3 Å². The molecule has 2 saturated heterocycles. The minimum atomic E-state index is 0.0166. The normalized spacial score (nSPS) is 21.9. The van der Waals surface area contributed by atoms with Crippen LogP contribution in [-0.2, 0) is 13.6 Å². The molecule has 2 fully saturated rings. The molecular formula is C18H27N7O. The first-order valence-corrected chi connectivity index (χ1v) is 9.61. The summed E-state index contributed by atoms with van der Waals surface area (Å²) < 4.78 is 2.14. The fourth-order valence-electron chi connectivity index (χ4n) is 4.10. The van der Waals surface area contributed by atoms with Crippen LogP contribution in [0.15, 0.2) is 12.3 Å². The van der Waals surface area contributed by atoms with E-state index in [4.69, 9.17) is 0 Å². The van der Waals surface area contributed by atoms with Gasteiger partial charge in [0, 0.05) is 32.3 Å². The molecule has 8 nitrogen and oxygen atoms in total. The lowest BCUT2D eigenvalue weighted by Gasteiger charge is -2.32. The van der Waals surface area contributed by atoms with Crippen LogP contribution in [0, 0.1) is 0 Å². The fourth-order valence-corrected chi connectivity index (χ4v) is 4.10. The highest BCUT2D eigenvalue weighted by atomic mass is 16.2. The summed E-state index contributed by atoms with van der Waals surface area (Å²) in [6.45, 7) is 4.64. The maximum Gasteiger partial charge on any atom is 0.271 e. The van der Waals surface area contributed by atoms with Crippen LogP contribution in [0.4, 0.5) is 0 Å². The van der Waals surface area contributed by atoms with Crippen molar-refractivity contribution in [2.45, 2.75) is 44.6 Å². The van der Waals surface area contributed by atoms with Gasteiger partial charge in [-0.2, -0.15) is 5.10 Å². The summed E-state index contributed by atoms with van der Waals surface area (Å²) in [6.07, 6.45) is 7.53. The lowest BCUT2D eigenvalue weighted by Crippen LogP contribution is -2.40. The number of aromatic nitrogens is 5. The van der Waals surface area contributed by atoms with E-state index in [1.165, 1.54) is 19.3 Å². The topological polar surface area (TPSA) is 82.9 Å². The zero-order valence-electron chi connectivity index (χ0n) is 15.4. The minimum absolute atomic E-state index is 0.0166. The zero-order chi connectivity index (χ0) is 17.9. The number of aromatic amines is 1. The molecule has 0 radical (unpaired) electrons. The maximum atomic E-state index is 12.6. The number of H-pyrrole nitrogens is 1. The average Bonchev–Trinajstić information content (AvgIpc) is 3.33. The third kappa shape index (κ3) is 3.51. The second-order valence-electron chi connectivity index (χ2n) is 7.43. The number of nitrogens with one attached hydrogen (secondary N) is 1. The molecule has 140 valence electrons. The number of nitrogens with zero attached hydrogens (tertiary/aromatic N) is 6. The molecule has 8 heteroatoms. The van der Waals surface area contributed by atoms with Crippen molar-refractivity contribution in [2.75, 3.05) is 26.2 Å². The summed E-state index contributed by atoms with van der Waals surface area (Å²) >= 11 is 0. The molecule has 2 aliphatic rings. The van der Waals surface area contributed by atoms with E-state index in [0.29, 0.717) is 12.2 Å². The highest BCUT2D eigenvalue weighted by Gasteiger charge is 2.29. The van der Waals surface area contributed by atoms with Gasteiger partial charge in [0.1, 0.15) is 17.3 Å². The Hall–Kier alpha value is -2.22. The lowest BCUT2D eigenvalue weighted by atomic mass is 9.97. The molecule has 26 heavy (non-hydrogen) atoms. The molecule has 4 heterocycles. The van der Waals surface area contributed by atoms with Crippen molar-refractivity contribution in [1.29, 1.82) is 0 Å². The third-order valence-electron chi connectivity index (χ3n) is 5.62. The van der Waals surface area contributed by atoms with Crippen molar-refractivity contribution < 1.29 is 4.79 Å². The SMILES string of the molecule is Cn1c(CN2CCCCC2)nnc1[C@H]1CCCN(C(=O)c2ccn[nH]2)C1. The number of rotatable bonds is 4. The Morgan fingerprint density at radius 1 is 1.19 bits per heavy atom. The first kappa shape index (κ1) is 17.2. The lowest BCUT2D eigenvalue weighted by molar-refractivity contribution is 0.0697. The number of carbonyl (C=O) groups is 1. The molecule has 0 bridgehead atoms. The van der Waals surface area contributed by atoms with E-state index in [1.807, 2.05) is 4.90 Å². The predicted octanol–water partition coefficient (Wildman–Crippen LogP) is 1.54. The molecule has 1 N–H and O–H groups in total. The van der Waals surface area contributed by atoms with Gasteiger partial charge in [0.05, 0.1) is 6.54 Å². The number of hydrogen-bond donors (Lipinski definition) is 1. The number of piperidine rings is 2. The van der Waals surface area contributed by atoms with Gasteiger partial charge in [-0.3, -0.25) is 14.8 Å². The van der Waals surface area contributed by atoms with Gasteiger partial charge in [0.2, 0.25) is 0 Å². The van der Waals surface area contributed by atoms with Gasteiger partial charge < -0.3 is 9.47 Å². The number of amides is 1. The van der Waals surface area contributed by atoms with Crippen LogP contribution in [0.2, 0.25) is 0 Å². The summed E-state index contributed by atoms with van der Waals surface area (Å²) in [4.78, 5) is 17.0. The Kier molecular flexibility index (Phi) is 5.01. The Balaban J connectivity index is 1.44. The molecule has 2 aliphatic heterocycles. The number of hydrogen-bond acceptors (Lipinski definition) is 5. The number of carbonyl (C=O) groups excluding carboxylic acids is 1. The van der Waals surface area contributed by atoms with E-state index < -0.39 is 0 Å². The Bertz CT molecular complexity index is 733. The first-order valence-electron chi connectivity index (χ1n) is 9.61. The second kappa shape index (κ2) is 7.57. The summed E-state index contributed by atoms with van der Waals surface area (Å²) in [5, 5.41) is 15.6. The van der Waals surface area contributed by atoms with Gasteiger partial charge in [-0.15, -0.1) is 10.2 Å². The molecule has 0 saturated carbocycles. The highest BCUT2D eigenvalue weighted by molar-refractivity contribution is 5.92. The Morgan fingerprint density at radius 3 is 2.81 bits per heavy atom. The van der Waals surface area contributed by atoms with Crippen LogP contribution >= 0.6 is 0 Å². The fraction of sp³-hybridized carbons (Fsp3) is 0.667. The molecule has 4 rings (SSSR count). The molecular weight excluding hydrogens is 330 g/mol. The third-order valence-corrected chi connectivity index (χ3v) is 5.62. The van der Waals surface area contributed by atoms with Gasteiger partial charge in [-0.1, -0.05) is 6.42 Å². The molecule has 2 aromatic heterocycles. The molecule has 0 aliphatic carbocycles. The van der Waals surface area contributed by atoms with Crippen molar-refractivity contribution in [2.24, 2.45) is 7.05 Å². The van der Waals surface area contributed by atoms with Crippen molar-refractivity contribution in [3.63, 3.8) is 0 Å². The average molecular weight is 357 g/mol. The van der Waals surface area contributed by atoms with E-state index >= 15 is 0 Å². The molecule has 1 atom stereocenters. The summed E-state index contributed by atoms with van der Waals surface area (Å²) in [7, 11) is 2.06. The van der Waals surface area contributed by atoms with E-state index in [9.17, 15) is 4.79 Å². The molecule has 2 aromatic rings. The van der Waals surface area contributed by atoms with E-state index in [0.717, 1.165) is 50.7 Å². The number of likely N-dealkylation sites (tertiary alicyclic amines) is 2. The van der Waals surface area contributed by atoms with Crippen LogP contribution < -0.4 is 0 Å². The molecule has 0 aromatic carbocycles. The Morgan fingerprint density at radius 2 is 2.04 bits per heavy atom. The largest absolute Gasteiger partial charge is 0.337 e. The summed E-state index contributed by atoms with van der Waals surface area (Å²) in [5.74, 6) is 2.28.